The fourth-order valence-electron chi connectivity index (χ4n) is 3.10. The third kappa shape index (κ3) is 3.49. The number of amides is 1. The molecule has 1 aromatic carbocycles. The van der Waals surface area contributed by atoms with Crippen molar-refractivity contribution in [3.05, 3.63) is 48.0 Å². The molecule has 7 nitrogen and oxygen atoms in total. The number of hydrogen-bond acceptors (Lipinski definition) is 5. The maximum Gasteiger partial charge on any atom is 0.407 e. The highest BCUT2D eigenvalue weighted by Gasteiger charge is 2.32. The monoisotopic (exact) mass is 356 g/mol. The van der Waals surface area contributed by atoms with Crippen LogP contribution in [-0.2, 0) is 9.47 Å². The van der Waals surface area contributed by atoms with Crippen LogP contribution in [0.1, 0.15) is 18.3 Å². The van der Waals surface area contributed by atoms with Crippen LogP contribution in [0.25, 0.3) is 11.3 Å². The first-order valence-corrected chi connectivity index (χ1v) is 8.64. The minimum Gasteiger partial charge on any atom is -0.475 e. The Morgan fingerprint density at radius 1 is 1.23 bits per heavy atom. The van der Waals surface area contributed by atoms with Crippen LogP contribution in [0.3, 0.4) is 0 Å². The molecule has 0 radical (unpaired) electrons. The second-order valence-electron chi connectivity index (χ2n) is 6.29. The smallest absolute Gasteiger partial charge is 0.407 e. The van der Waals surface area contributed by atoms with E-state index in [9.17, 15) is 4.79 Å². The molecule has 4 rings (SSSR count). The molecule has 0 spiro atoms. The molecule has 2 aliphatic rings. The molecule has 0 bridgehead atoms. The Morgan fingerprint density at radius 3 is 2.77 bits per heavy atom. The molecule has 2 aromatic rings. The summed E-state index contributed by atoms with van der Waals surface area (Å²) in [5.41, 5.74) is 2.69. The predicted molar refractivity (Wildman–Crippen MR) is 92.9 cm³/mol. The Morgan fingerprint density at radius 2 is 2.04 bits per heavy atom. The third-order valence-corrected chi connectivity index (χ3v) is 4.61. The van der Waals surface area contributed by atoms with Crippen LogP contribution < -0.4 is 4.74 Å². The number of carboxylic acid groups (broad SMARTS) is 1. The number of nitrogens with zero attached hydrogens (tertiary/aromatic N) is 2. The van der Waals surface area contributed by atoms with Crippen molar-refractivity contribution in [3.8, 4) is 17.1 Å². The van der Waals surface area contributed by atoms with E-state index in [1.165, 1.54) is 4.90 Å². The molecule has 1 atom stereocenters. The van der Waals surface area contributed by atoms with Crippen molar-refractivity contribution in [2.45, 2.75) is 18.8 Å². The largest absolute Gasteiger partial charge is 0.475 e. The quantitative estimate of drug-likeness (QED) is 0.887. The molecular weight excluding hydrogens is 336 g/mol. The summed E-state index contributed by atoms with van der Waals surface area (Å²) >= 11 is 0. The average molecular weight is 356 g/mol. The van der Waals surface area contributed by atoms with Gasteiger partial charge in [-0.25, -0.2) is 9.78 Å². The zero-order valence-electron chi connectivity index (χ0n) is 14.2. The molecule has 136 valence electrons. The second-order valence-corrected chi connectivity index (χ2v) is 6.29. The summed E-state index contributed by atoms with van der Waals surface area (Å²) in [6.45, 7) is 2.08. The summed E-state index contributed by atoms with van der Waals surface area (Å²) in [6.07, 6.45) is -0.412. The summed E-state index contributed by atoms with van der Waals surface area (Å²) in [7, 11) is 0. The van der Waals surface area contributed by atoms with E-state index in [0.717, 1.165) is 23.2 Å². The van der Waals surface area contributed by atoms with Gasteiger partial charge in [0, 0.05) is 23.7 Å². The first-order chi connectivity index (χ1) is 12.7. The van der Waals surface area contributed by atoms with Crippen LogP contribution in [0, 0.1) is 0 Å². The highest BCUT2D eigenvalue weighted by molar-refractivity contribution is 5.66. The van der Waals surface area contributed by atoms with Crippen LogP contribution in [0.2, 0.25) is 0 Å². The Bertz CT molecular complexity index is 791. The number of ether oxygens (including phenoxy) is 3. The summed E-state index contributed by atoms with van der Waals surface area (Å²) in [5.74, 6) is 0.485. The van der Waals surface area contributed by atoms with E-state index in [1.54, 1.807) is 6.07 Å². The van der Waals surface area contributed by atoms with E-state index in [2.05, 4.69) is 4.98 Å². The van der Waals surface area contributed by atoms with Crippen molar-refractivity contribution in [1.82, 2.24) is 9.88 Å². The van der Waals surface area contributed by atoms with Gasteiger partial charge in [0.2, 0.25) is 5.88 Å². The van der Waals surface area contributed by atoms with Crippen molar-refractivity contribution in [2.24, 2.45) is 0 Å². The molecule has 0 saturated carbocycles. The molecule has 0 aliphatic carbocycles. The van der Waals surface area contributed by atoms with Crippen LogP contribution >= 0.6 is 0 Å². The number of pyridine rings is 1. The Kier molecular flexibility index (Phi) is 4.73. The van der Waals surface area contributed by atoms with Gasteiger partial charge >= 0.3 is 6.09 Å². The van der Waals surface area contributed by atoms with Crippen molar-refractivity contribution < 1.29 is 24.1 Å². The minimum absolute atomic E-state index is 0.0991. The predicted octanol–water partition coefficient (Wildman–Crippen LogP) is 2.93. The Hall–Kier alpha value is -2.64. The van der Waals surface area contributed by atoms with Crippen molar-refractivity contribution in [3.63, 3.8) is 0 Å². The number of hydrogen-bond donors (Lipinski definition) is 1. The highest BCUT2D eigenvalue weighted by atomic mass is 16.7. The molecule has 3 heterocycles. The van der Waals surface area contributed by atoms with E-state index < -0.39 is 6.09 Å². The number of aromatic nitrogens is 1. The summed E-state index contributed by atoms with van der Waals surface area (Å²) < 4.78 is 16.8. The summed E-state index contributed by atoms with van der Waals surface area (Å²) in [6, 6.07) is 13.4. The van der Waals surface area contributed by atoms with E-state index in [-0.39, 0.29) is 12.3 Å². The maximum absolute atomic E-state index is 11.0. The van der Waals surface area contributed by atoms with Gasteiger partial charge in [-0.1, -0.05) is 24.3 Å². The maximum atomic E-state index is 11.0. The minimum atomic E-state index is -0.903. The van der Waals surface area contributed by atoms with Gasteiger partial charge in [0.1, 0.15) is 6.61 Å². The lowest BCUT2D eigenvalue weighted by Gasteiger charge is -2.38. The molecule has 1 amide bonds. The molecule has 2 saturated heterocycles. The molecule has 0 unspecified atom stereocenters. The lowest BCUT2D eigenvalue weighted by Crippen LogP contribution is -2.53. The zero-order chi connectivity index (χ0) is 17.9. The van der Waals surface area contributed by atoms with Crippen LogP contribution in [-0.4, -0.2) is 53.5 Å². The van der Waals surface area contributed by atoms with Crippen LogP contribution in [0.5, 0.6) is 5.88 Å². The summed E-state index contributed by atoms with van der Waals surface area (Å²) in [5, 5.41) is 9.04. The van der Waals surface area contributed by atoms with E-state index in [1.807, 2.05) is 36.4 Å². The first kappa shape index (κ1) is 16.8. The fourth-order valence-corrected chi connectivity index (χ4v) is 3.10. The van der Waals surface area contributed by atoms with E-state index in [0.29, 0.717) is 32.2 Å². The van der Waals surface area contributed by atoms with Gasteiger partial charge in [-0.05, 0) is 18.6 Å². The number of likely N-dealkylation sites (tertiary alicyclic amines) is 1. The van der Waals surface area contributed by atoms with Gasteiger partial charge in [-0.3, -0.25) is 0 Å². The van der Waals surface area contributed by atoms with Crippen molar-refractivity contribution in [1.29, 1.82) is 0 Å². The average Bonchev–Trinajstić information content (AvgIpc) is 3.15. The number of carbonyl (C=O) groups is 1. The first-order valence-electron chi connectivity index (χ1n) is 8.64. The lowest BCUT2D eigenvalue weighted by molar-refractivity contribution is -0.0440. The van der Waals surface area contributed by atoms with Crippen LogP contribution in [0.4, 0.5) is 4.79 Å². The molecule has 26 heavy (non-hydrogen) atoms. The Labute approximate surface area is 151 Å². The van der Waals surface area contributed by atoms with Crippen molar-refractivity contribution in [2.75, 3.05) is 26.4 Å². The molecule has 1 N–H and O–H groups in total. The van der Waals surface area contributed by atoms with Crippen molar-refractivity contribution >= 4 is 6.09 Å². The normalized spacial score (nSPS) is 20.0. The second kappa shape index (κ2) is 7.31. The summed E-state index contributed by atoms with van der Waals surface area (Å²) in [4.78, 5) is 16.9. The molecule has 2 aliphatic heterocycles. The van der Waals surface area contributed by atoms with Gasteiger partial charge in [0.25, 0.3) is 0 Å². The lowest BCUT2D eigenvalue weighted by atomic mass is 10.1. The third-order valence-electron chi connectivity index (χ3n) is 4.61. The van der Waals surface area contributed by atoms with Gasteiger partial charge in [0.05, 0.1) is 24.9 Å². The van der Waals surface area contributed by atoms with Gasteiger partial charge in [-0.15, -0.1) is 0 Å². The standard InChI is InChI=1S/C19H20N2O5/c22-19(23)21-8-7-15(21)12-26-17-6-2-5-16(20-17)13-3-1-4-14(11-13)18-24-9-10-25-18/h1-6,11,15,18H,7-10,12H2,(H,22,23)/t15-/m0/s1. The number of benzene rings is 1. The number of rotatable bonds is 5. The van der Waals surface area contributed by atoms with Crippen LogP contribution in [0.15, 0.2) is 42.5 Å². The molecule has 2 fully saturated rings. The van der Waals surface area contributed by atoms with Gasteiger partial charge in [-0.2, -0.15) is 0 Å². The fraction of sp³-hybridized carbons (Fsp3) is 0.368. The topological polar surface area (TPSA) is 81.1 Å². The SMILES string of the molecule is O=C(O)N1CC[C@H]1COc1cccc(-c2cccc(C3OCCO3)c2)n1. The van der Waals surface area contributed by atoms with Gasteiger partial charge < -0.3 is 24.2 Å². The van der Waals surface area contributed by atoms with E-state index in [4.69, 9.17) is 19.3 Å². The highest BCUT2D eigenvalue weighted by Crippen LogP contribution is 2.28. The Balaban J connectivity index is 1.45. The van der Waals surface area contributed by atoms with E-state index >= 15 is 0 Å². The molecule has 7 heteroatoms. The van der Waals surface area contributed by atoms with Gasteiger partial charge in [0.15, 0.2) is 6.29 Å². The molecule has 1 aromatic heterocycles. The zero-order valence-corrected chi connectivity index (χ0v) is 14.2. The molecular formula is C19H20N2O5.